The van der Waals surface area contributed by atoms with E-state index in [4.69, 9.17) is 10.3 Å². The third kappa shape index (κ3) is 2.12. The molecule has 86 valence electrons. The number of aromatic nitrogens is 3. The molecule has 0 radical (unpaired) electrons. The Labute approximate surface area is 97.7 Å². The molecule has 0 aromatic carbocycles. The van der Waals surface area contributed by atoms with Gasteiger partial charge < -0.3 is 10.3 Å². The molecule has 0 aliphatic carbocycles. The lowest BCUT2D eigenvalue weighted by Crippen LogP contribution is -2.14. The van der Waals surface area contributed by atoms with E-state index < -0.39 is 0 Å². The van der Waals surface area contributed by atoms with Crippen molar-refractivity contribution < 1.29 is 4.52 Å². The molecule has 2 N–H and O–H groups in total. The smallest absolute Gasteiger partial charge is 0.232 e. The molecule has 2 aromatic rings. The molecule has 0 saturated carbocycles. The topological polar surface area (TPSA) is 77.8 Å². The third-order valence-corrected chi connectivity index (χ3v) is 2.98. The first-order chi connectivity index (χ1) is 7.48. The van der Waals surface area contributed by atoms with Gasteiger partial charge in [-0.2, -0.15) is 4.98 Å². The van der Waals surface area contributed by atoms with E-state index in [1.54, 1.807) is 11.7 Å². The van der Waals surface area contributed by atoms with Crippen molar-refractivity contribution in [3.63, 3.8) is 0 Å². The highest BCUT2D eigenvalue weighted by molar-refractivity contribution is 7.09. The minimum absolute atomic E-state index is 0.154. The first-order valence-corrected chi connectivity index (χ1v) is 5.84. The number of rotatable bonds is 2. The number of thiazole rings is 1. The van der Waals surface area contributed by atoms with Crippen molar-refractivity contribution in [3.8, 4) is 0 Å². The molecule has 0 bridgehead atoms. The number of nitrogens with zero attached hydrogens (tertiary/aromatic N) is 3. The highest BCUT2D eigenvalue weighted by Gasteiger charge is 2.24. The standard InChI is InChI=1S/C10H14N4OS/c1-10(2,3)9-13-8(14-15-9)7(11)6-4-12-5-16-6/h4-5,7H,11H2,1-3H3. The lowest BCUT2D eigenvalue weighted by Gasteiger charge is -2.10. The summed E-state index contributed by atoms with van der Waals surface area (Å²) in [5.74, 6) is 1.11. The molecule has 1 unspecified atom stereocenters. The quantitative estimate of drug-likeness (QED) is 0.864. The Morgan fingerprint density at radius 1 is 1.44 bits per heavy atom. The molecule has 0 spiro atoms. The fourth-order valence-corrected chi connectivity index (χ4v) is 1.79. The van der Waals surface area contributed by atoms with Crippen LogP contribution in [-0.4, -0.2) is 15.1 Å². The zero-order chi connectivity index (χ0) is 11.8. The van der Waals surface area contributed by atoms with Gasteiger partial charge in [0.25, 0.3) is 0 Å². The van der Waals surface area contributed by atoms with Crippen LogP contribution in [0.4, 0.5) is 0 Å². The maximum atomic E-state index is 6.00. The summed E-state index contributed by atoms with van der Waals surface area (Å²) < 4.78 is 5.19. The third-order valence-electron chi connectivity index (χ3n) is 2.12. The van der Waals surface area contributed by atoms with E-state index in [1.807, 2.05) is 20.8 Å². The van der Waals surface area contributed by atoms with Gasteiger partial charge in [0.2, 0.25) is 5.89 Å². The summed E-state index contributed by atoms with van der Waals surface area (Å²) in [6, 6.07) is -0.354. The van der Waals surface area contributed by atoms with Gasteiger partial charge in [-0.05, 0) is 0 Å². The van der Waals surface area contributed by atoms with Crippen LogP contribution in [0.15, 0.2) is 16.2 Å². The largest absolute Gasteiger partial charge is 0.339 e. The highest BCUT2D eigenvalue weighted by Crippen LogP contribution is 2.24. The minimum atomic E-state index is -0.354. The van der Waals surface area contributed by atoms with Crippen LogP contribution < -0.4 is 5.73 Å². The zero-order valence-electron chi connectivity index (χ0n) is 9.47. The maximum absolute atomic E-state index is 6.00. The van der Waals surface area contributed by atoms with E-state index in [2.05, 4.69) is 15.1 Å². The second-order valence-electron chi connectivity index (χ2n) is 4.59. The van der Waals surface area contributed by atoms with Crippen molar-refractivity contribution in [3.05, 3.63) is 28.3 Å². The Morgan fingerprint density at radius 3 is 2.69 bits per heavy atom. The lowest BCUT2D eigenvalue weighted by molar-refractivity contribution is 0.317. The van der Waals surface area contributed by atoms with Gasteiger partial charge in [0, 0.05) is 16.5 Å². The van der Waals surface area contributed by atoms with Crippen LogP contribution in [-0.2, 0) is 5.41 Å². The van der Waals surface area contributed by atoms with Crippen LogP contribution in [0.2, 0.25) is 0 Å². The van der Waals surface area contributed by atoms with Gasteiger partial charge in [0.1, 0.15) is 6.04 Å². The molecule has 0 aliphatic heterocycles. The lowest BCUT2D eigenvalue weighted by atomic mass is 9.97. The second-order valence-corrected chi connectivity index (χ2v) is 5.51. The van der Waals surface area contributed by atoms with Crippen LogP contribution in [0.5, 0.6) is 0 Å². The Kier molecular flexibility index (Phi) is 2.77. The van der Waals surface area contributed by atoms with Crippen molar-refractivity contribution >= 4 is 11.3 Å². The van der Waals surface area contributed by atoms with Crippen molar-refractivity contribution in [2.75, 3.05) is 0 Å². The Bertz CT molecular complexity index is 457. The van der Waals surface area contributed by atoms with Crippen LogP contribution >= 0.6 is 11.3 Å². The Balaban J connectivity index is 2.26. The molecule has 1 atom stereocenters. The maximum Gasteiger partial charge on any atom is 0.232 e. The van der Waals surface area contributed by atoms with E-state index in [0.717, 1.165) is 4.88 Å². The number of nitrogens with two attached hydrogens (primary N) is 1. The van der Waals surface area contributed by atoms with Crippen LogP contribution in [0.25, 0.3) is 0 Å². The van der Waals surface area contributed by atoms with Gasteiger partial charge in [0.05, 0.1) is 5.51 Å². The molecule has 2 aromatic heterocycles. The minimum Gasteiger partial charge on any atom is -0.339 e. The summed E-state index contributed by atoms with van der Waals surface area (Å²) >= 11 is 1.48. The Morgan fingerprint density at radius 2 is 2.19 bits per heavy atom. The van der Waals surface area contributed by atoms with E-state index >= 15 is 0 Å². The SMILES string of the molecule is CC(C)(C)c1nc(C(N)c2cncs2)no1. The average molecular weight is 238 g/mol. The van der Waals surface area contributed by atoms with E-state index in [-0.39, 0.29) is 11.5 Å². The van der Waals surface area contributed by atoms with Crippen molar-refractivity contribution in [1.82, 2.24) is 15.1 Å². The summed E-state index contributed by atoms with van der Waals surface area (Å²) in [6.45, 7) is 6.05. The molecule has 0 amide bonds. The summed E-state index contributed by atoms with van der Waals surface area (Å²) in [7, 11) is 0. The van der Waals surface area contributed by atoms with E-state index in [1.165, 1.54) is 11.3 Å². The predicted octanol–water partition coefficient (Wildman–Crippen LogP) is 1.87. The van der Waals surface area contributed by atoms with Gasteiger partial charge in [-0.25, -0.2) is 0 Å². The summed E-state index contributed by atoms with van der Waals surface area (Å²) in [5, 5.41) is 3.91. The molecule has 0 saturated heterocycles. The van der Waals surface area contributed by atoms with Crippen molar-refractivity contribution in [2.45, 2.75) is 32.2 Å². The van der Waals surface area contributed by atoms with Gasteiger partial charge in [-0.15, -0.1) is 11.3 Å². The fourth-order valence-electron chi connectivity index (χ4n) is 1.17. The normalized spacial score (nSPS) is 14.0. The first kappa shape index (κ1) is 11.2. The van der Waals surface area contributed by atoms with Gasteiger partial charge in [-0.3, -0.25) is 4.98 Å². The summed E-state index contributed by atoms with van der Waals surface area (Å²) in [6.07, 6.45) is 1.72. The summed E-state index contributed by atoms with van der Waals surface area (Å²) in [5.41, 5.74) is 7.58. The zero-order valence-corrected chi connectivity index (χ0v) is 10.3. The van der Waals surface area contributed by atoms with Crippen molar-refractivity contribution in [1.29, 1.82) is 0 Å². The van der Waals surface area contributed by atoms with Crippen molar-refractivity contribution in [2.24, 2.45) is 5.73 Å². The molecule has 6 heteroatoms. The molecular formula is C10H14N4OS. The van der Waals surface area contributed by atoms with Gasteiger partial charge in [0.15, 0.2) is 5.82 Å². The van der Waals surface area contributed by atoms with Crippen LogP contribution in [0.1, 0.15) is 43.4 Å². The number of hydrogen-bond donors (Lipinski definition) is 1. The fraction of sp³-hybridized carbons (Fsp3) is 0.500. The van der Waals surface area contributed by atoms with Crippen LogP contribution in [0.3, 0.4) is 0 Å². The van der Waals surface area contributed by atoms with Gasteiger partial charge in [-0.1, -0.05) is 25.9 Å². The highest BCUT2D eigenvalue weighted by atomic mass is 32.1. The second kappa shape index (κ2) is 3.95. The van der Waals surface area contributed by atoms with E-state index in [9.17, 15) is 0 Å². The van der Waals surface area contributed by atoms with E-state index in [0.29, 0.717) is 11.7 Å². The molecule has 2 rings (SSSR count). The molecular weight excluding hydrogens is 224 g/mol. The number of hydrogen-bond acceptors (Lipinski definition) is 6. The summed E-state index contributed by atoms with van der Waals surface area (Å²) in [4.78, 5) is 9.22. The Hall–Kier alpha value is -1.27. The molecule has 16 heavy (non-hydrogen) atoms. The first-order valence-electron chi connectivity index (χ1n) is 4.96. The van der Waals surface area contributed by atoms with Crippen LogP contribution in [0, 0.1) is 0 Å². The van der Waals surface area contributed by atoms with Gasteiger partial charge >= 0.3 is 0 Å². The molecule has 2 heterocycles. The average Bonchev–Trinajstić information content (AvgIpc) is 2.87. The molecule has 5 nitrogen and oxygen atoms in total. The predicted molar refractivity (Wildman–Crippen MR) is 61.1 cm³/mol. The molecule has 0 aliphatic rings. The molecule has 0 fully saturated rings. The monoisotopic (exact) mass is 238 g/mol.